The Balaban J connectivity index is 1.27. The van der Waals surface area contributed by atoms with Crippen LogP contribution < -0.4 is 10.2 Å². The first-order valence-corrected chi connectivity index (χ1v) is 12.5. The molecule has 4 aliphatic rings. The molecule has 1 atom stereocenters. The van der Waals surface area contributed by atoms with E-state index < -0.39 is 10.8 Å². The summed E-state index contributed by atoms with van der Waals surface area (Å²) < 4.78 is 12.6. The van der Waals surface area contributed by atoms with Crippen LogP contribution in [0.3, 0.4) is 0 Å². The molecule has 0 bridgehead atoms. The number of aryl methyl sites for hydroxylation is 1. The maximum Gasteiger partial charge on any atom is 0.145 e. The van der Waals surface area contributed by atoms with Crippen molar-refractivity contribution in [3.8, 4) is 0 Å². The van der Waals surface area contributed by atoms with Crippen molar-refractivity contribution in [2.45, 2.75) is 49.0 Å². The van der Waals surface area contributed by atoms with Crippen LogP contribution >= 0.6 is 11.6 Å². The van der Waals surface area contributed by atoms with Gasteiger partial charge in [-0.05, 0) is 73.4 Å². The number of aliphatic hydroxyl groups excluding tert-OH is 1. The lowest BCUT2D eigenvalue weighted by atomic mass is 9.77. The molecular weight excluding hydrogens is 418 g/mol. The van der Waals surface area contributed by atoms with E-state index in [-0.39, 0.29) is 17.6 Å². The number of anilines is 2. The predicted molar refractivity (Wildman–Crippen MR) is 120 cm³/mol. The molecule has 1 saturated heterocycles. The van der Waals surface area contributed by atoms with E-state index in [1.54, 1.807) is 0 Å². The minimum Gasteiger partial charge on any atom is -0.394 e. The zero-order valence-corrected chi connectivity index (χ0v) is 18.5. The molecule has 2 fully saturated rings. The number of aromatic nitrogens is 1. The van der Waals surface area contributed by atoms with Gasteiger partial charge in [0.25, 0.3) is 0 Å². The van der Waals surface area contributed by atoms with Gasteiger partial charge in [0, 0.05) is 29.3 Å². The fraction of sp³-hybridized carbons (Fsp3) is 0.522. The molecule has 1 spiro atoms. The zero-order valence-electron chi connectivity index (χ0n) is 16.9. The van der Waals surface area contributed by atoms with Crippen molar-refractivity contribution in [3.63, 3.8) is 0 Å². The van der Waals surface area contributed by atoms with E-state index in [2.05, 4.69) is 28.4 Å². The highest BCUT2D eigenvalue weighted by molar-refractivity contribution is 7.85. The highest BCUT2D eigenvalue weighted by Crippen LogP contribution is 2.47. The van der Waals surface area contributed by atoms with Crippen molar-refractivity contribution in [2.24, 2.45) is 5.41 Å². The molecule has 0 amide bonds. The summed E-state index contributed by atoms with van der Waals surface area (Å²) in [6, 6.07) is 8.43. The van der Waals surface area contributed by atoms with Crippen LogP contribution in [0.5, 0.6) is 0 Å². The van der Waals surface area contributed by atoms with Crippen molar-refractivity contribution >= 4 is 34.0 Å². The number of nitrogens with zero attached hydrogens (tertiary/aromatic N) is 2. The Labute approximate surface area is 184 Å². The number of nitrogens with one attached hydrogen (secondary N) is 1. The number of aliphatic hydroxyl groups is 1. The zero-order chi connectivity index (χ0) is 20.5. The Morgan fingerprint density at radius 3 is 2.70 bits per heavy atom. The third kappa shape index (κ3) is 2.91. The van der Waals surface area contributed by atoms with Crippen LogP contribution in [0, 0.1) is 5.41 Å². The van der Waals surface area contributed by atoms with Crippen molar-refractivity contribution in [3.05, 3.63) is 46.0 Å². The van der Waals surface area contributed by atoms with E-state index in [9.17, 15) is 9.32 Å². The van der Waals surface area contributed by atoms with Crippen LogP contribution in [0.4, 0.5) is 11.6 Å². The number of hydrogen-bond donors (Lipinski definition) is 2. The van der Waals surface area contributed by atoms with Gasteiger partial charge in [-0.1, -0.05) is 17.7 Å². The van der Waals surface area contributed by atoms with Gasteiger partial charge in [0.2, 0.25) is 0 Å². The standard InChI is InChI=1S/C23H26ClN3O2S/c24-18-3-2-16-10-22(11-17(16)8-18)12-27(13-22)19-9-15-4-7-30(29)20(15)21(25-19)26-23(14-28)5-1-6-23/h2-3,8-9,28H,1,4-7,10-14H2,(H,25,26). The molecule has 1 saturated carbocycles. The lowest BCUT2D eigenvalue weighted by molar-refractivity contribution is 0.143. The van der Waals surface area contributed by atoms with Gasteiger partial charge in [-0.15, -0.1) is 0 Å². The van der Waals surface area contributed by atoms with Crippen LogP contribution in [0.25, 0.3) is 0 Å². The van der Waals surface area contributed by atoms with Gasteiger partial charge in [-0.2, -0.15) is 0 Å². The third-order valence-electron chi connectivity index (χ3n) is 7.49. The quantitative estimate of drug-likeness (QED) is 0.758. The lowest BCUT2D eigenvalue weighted by Crippen LogP contribution is -2.57. The van der Waals surface area contributed by atoms with Gasteiger partial charge in [-0.25, -0.2) is 4.98 Å². The predicted octanol–water partition coefficient (Wildman–Crippen LogP) is 3.33. The van der Waals surface area contributed by atoms with E-state index in [0.717, 1.165) is 78.7 Å². The average Bonchev–Trinajstić information content (AvgIpc) is 3.24. The minimum atomic E-state index is -1.00. The molecule has 2 aliphatic heterocycles. The molecule has 2 aliphatic carbocycles. The van der Waals surface area contributed by atoms with E-state index in [1.807, 2.05) is 6.07 Å². The smallest absolute Gasteiger partial charge is 0.145 e. The van der Waals surface area contributed by atoms with Crippen LogP contribution in [0.1, 0.15) is 36.0 Å². The summed E-state index contributed by atoms with van der Waals surface area (Å²) in [4.78, 5) is 8.15. The number of fused-ring (bicyclic) bond motifs is 2. The molecule has 3 heterocycles. The second kappa shape index (κ2) is 6.68. The molecular formula is C23H26ClN3O2S. The van der Waals surface area contributed by atoms with E-state index in [1.165, 1.54) is 11.1 Å². The van der Waals surface area contributed by atoms with Crippen LogP contribution in [-0.2, 0) is 30.1 Å². The topological polar surface area (TPSA) is 65.5 Å². The maximum atomic E-state index is 12.6. The molecule has 6 rings (SSSR count). The Morgan fingerprint density at radius 1 is 1.17 bits per heavy atom. The fourth-order valence-corrected chi connectivity index (χ4v) is 7.26. The average molecular weight is 444 g/mol. The maximum absolute atomic E-state index is 12.6. The normalized spacial score (nSPS) is 24.9. The molecule has 0 radical (unpaired) electrons. The number of pyridine rings is 1. The first kappa shape index (κ1) is 19.1. The summed E-state index contributed by atoms with van der Waals surface area (Å²) in [5, 5.41) is 14.2. The van der Waals surface area contributed by atoms with Crippen LogP contribution in [-0.4, -0.2) is 45.3 Å². The highest BCUT2D eigenvalue weighted by atomic mass is 35.5. The fourth-order valence-electron chi connectivity index (χ4n) is 5.69. The Hall–Kier alpha value is -1.63. The molecule has 30 heavy (non-hydrogen) atoms. The third-order valence-corrected chi connectivity index (χ3v) is 9.21. The molecule has 1 aromatic heterocycles. The van der Waals surface area contributed by atoms with Gasteiger partial charge in [0.05, 0.1) is 27.8 Å². The second-order valence-corrected chi connectivity index (χ2v) is 11.6. The lowest BCUT2D eigenvalue weighted by Gasteiger charge is -2.49. The first-order chi connectivity index (χ1) is 14.5. The second-order valence-electron chi connectivity index (χ2n) is 9.66. The SMILES string of the molecule is O=S1CCc2cc(N3CC4(Cc5ccc(Cl)cc5C4)C3)nc(NC3(CO)CCC3)c21. The summed E-state index contributed by atoms with van der Waals surface area (Å²) >= 11 is 6.20. The van der Waals surface area contributed by atoms with E-state index in [4.69, 9.17) is 16.6 Å². The molecule has 7 heteroatoms. The number of halogens is 1. The van der Waals surface area contributed by atoms with Gasteiger partial charge in [0.15, 0.2) is 0 Å². The molecule has 1 unspecified atom stereocenters. The summed E-state index contributed by atoms with van der Waals surface area (Å²) in [6.45, 7) is 2.06. The van der Waals surface area contributed by atoms with Gasteiger partial charge in [-0.3, -0.25) is 4.21 Å². The summed E-state index contributed by atoms with van der Waals surface area (Å²) in [6.07, 6.45) is 5.99. The molecule has 2 aromatic rings. The van der Waals surface area contributed by atoms with E-state index >= 15 is 0 Å². The first-order valence-electron chi connectivity index (χ1n) is 10.8. The summed E-state index contributed by atoms with van der Waals surface area (Å²) in [5.41, 5.74) is 3.94. The molecule has 1 aromatic carbocycles. The Kier molecular flexibility index (Phi) is 4.25. The molecule has 5 nitrogen and oxygen atoms in total. The van der Waals surface area contributed by atoms with Crippen LogP contribution in [0.2, 0.25) is 5.02 Å². The number of benzene rings is 1. The van der Waals surface area contributed by atoms with Crippen molar-refractivity contribution in [1.82, 2.24) is 4.98 Å². The van der Waals surface area contributed by atoms with E-state index in [0.29, 0.717) is 5.75 Å². The largest absolute Gasteiger partial charge is 0.394 e. The Bertz CT molecular complexity index is 1060. The van der Waals surface area contributed by atoms with Gasteiger partial charge in [0.1, 0.15) is 11.6 Å². The Morgan fingerprint density at radius 2 is 1.97 bits per heavy atom. The summed E-state index contributed by atoms with van der Waals surface area (Å²) in [5.74, 6) is 2.37. The summed E-state index contributed by atoms with van der Waals surface area (Å²) in [7, 11) is -1.00. The van der Waals surface area contributed by atoms with Crippen molar-refractivity contribution < 1.29 is 9.32 Å². The molecule has 2 N–H and O–H groups in total. The van der Waals surface area contributed by atoms with Gasteiger partial charge >= 0.3 is 0 Å². The monoisotopic (exact) mass is 443 g/mol. The number of rotatable bonds is 4. The highest BCUT2D eigenvalue weighted by Gasteiger charge is 2.48. The molecule has 158 valence electrons. The number of hydrogen-bond acceptors (Lipinski definition) is 5. The van der Waals surface area contributed by atoms with Crippen LogP contribution in [0.15, 0.2) is 29.2 Å². The van der Waals surface area contributed by atoms with Crippen molar-refractivity contribution in [2.75, 3.05) is 35.7 Å². The van der Waals surface area contributed by atoms with Crippen molar-refractivity contribution in [1.29, 1.82) is 0 Å². The van der Waals surface area contributed by atoms with Gasteiger partial charge < -0.3 is 15.3 Å². The minimum absolute atomic E-state index is 0.0912.